The van der Waals surface area contributed by atoms with Gasteiger partial charge in [-0.15, -0.1) is 0 Å². The maximum absolute atomic E-state index is 11.8. The van der Waals surface area contributed by atoms with E-state index in [0.717, 1.165) is 43.1 Å². The van der Waals surface area contributed by atoms with E-state index in [-0.39, 0.29) is 17.9 Å². The summed E-state index contributed by atoms with van der Waals surface area (Å²) in [5.41, 5.74) is 1.88. The molecule has 0 spiro atoms. The summed E-state index contributed by atoms with van der Waals surface area (Å²) in [4.78, 5) is 23.0. The molecule has 0 aliphatic carbocycles. The Morgan fingerprint density at radius 2 is 2.20 bits per heavy atom. The first-order valence-electron chi connectivity index (χ1n) is 7.33. The van der Waals surface area contributed by atoms with Crippen LogP contribution < -0.4 is 10.2 Å². The van der Waals surface area contributed by atoms with E-state index in [4.69, 9.17) is 0 Å². The van der Waals surface area contributed by atoms with Gasteiger partial charge in [0.2, 0.25) is 5.91 Å². The molecule has 0 aromatic carbocycles. The van der Waals surface area contributed by atoms with Crippen LogP contribution in [-0.2, 0) is 4.79 Å². The van der Waals surface area contributed by atoms with Crippen LogP contribution in [0.4, 0.5) is 5.82 Å². The van der Waals surface area contributed by atoms with Crippen molar-refractivity contribution in [3.8, 4) is 0 Å². The van der Waals surface area contributed by atoms with E-state index in [0.29, 0.717) is 0 Å². The minimum atomic E-state index is 0.0332. The van der Waals surface area contributed by atoms with Crippen LogP contribution in [0.15, 0.2) is 6.20 Å². The molecule has 1 aromatic heterocycles. The molecule has 2 heterocycles. The number of nitrogens with one attached hydrogen (secondary N) is 1. The third-order valence-corrected chi connectivity index (χ3v) is 3.64. The van der Waals surface area contributed by atoms with Crippen LogP contribution >= 0.6 is 0 Å². The Morgan fingerprint density at radius 1 is 1.45 bits per heavy atom. The minimum Gasteiger partial charge on any atom is -0.353 e. The van der Waals surface area contributed by atoms with Gasteiger partial charge >= 0.3 is 0 Å². The molecule has 1 aromatic rings. The van der Waals surface area contributed by atoms with Gasteiger partial charge in [-0.2, -0.15) is 0 Å². The number of nitrogens with zero attached hydrogens (tertiary/aromatic N) is 3. The smallest absolute Gasteiger partial charge is 0.222 e. The molecule has 1 fully saturated rings. The normalized spacial score (nSPS) is 19.2. The van der Waals surface area contributed by atoms with Crippen LogP contribution in [0.1, 0.15) is 38.1 Å². The molecule has 2 rings (SSSR count). The highest BCUT2D eigenvalue weighted by molar-refractivity contribution is 5.78. The van der Waals surface area contributed by atoms with Crippen LogP contribution in [0.5, 0.6) is 0 Å². The third kappa shape index (κ3) is 3.46. The Kier molecular flexibility index (Phi) is 4.57. The lowest BCUT2D eigenvalue weighted by Crippen LogP contribution is -2.49. The average molecular weight is 276 g/mol. The molecular formula is C15H24N4O. The van der Waals surface area contributed by atoms with E-state index in [9.17, 15) is 4.79 Å². The van der Waals surface area contributed by atoms with E-state index in [1.54, 1.807) is 6.20 Å². The van der Waals surface area contributed by atoms with Crippen molar-refractivity contribution in [2.24, 2.45) is 5.92 Å². The first-order valence-corrected chi connectivity index (χ1v) is 7.33. The summed E-state index contributed by atoms with van der Waals surface area (Å²) in [7, 11) is 0. The topological polar surface area (TPSA) is 58.1 Å². The van der Waals surface area contributed by atoms with Gasteiger partial charge in [0.05, 0.1) is 11.4 Å². The Hall–Kier alpha value is -1.65. The number of piperidine rings is 1. The molecule has 1 unspecified atom stereocenters. The number of amides is 1. The summed E-state index contributed by atoms with van der Waals surface area (Å²) in [6.07, 6.45) is 3.89. The zero-order valence-electron chi connectivity index (χ0n) is 12.8. The molecule has 1 aliphatic rings. The largest absolute Gasteiger partial charge is 0.353 e. The number of anilines is 1. The van der Waals surface area contributed by atoms with Gasteiger partial charge in [0.1, 0.15) is 5.82 Å². The third-order valence-electron chi connectivity index (χ3n) is 3.64. The van der Waals surface area contributed by atoms with Crippen molar-refractivity contribution in [2.45, 2.75) is 46.6 Å². The fourth-order valence-corrected chi connectivity index (χ4v) is 2.48. The molecule has 20 heavy (non-hydrogen) atoms. The summed E-state index contributed by atoms with van der Waals surface area (Å²) in [6, 6.07) is 0.209. The zero-order valence-corrected chi connectivity index (χ0v) is 12.8. The predicted octanol–water partition coefficient (Wildman–Crippen LogP) is 1.83. The predicted molar refractivity (Wildman–Crippen MR) is 79.7 cm³/mol. The Labute approximate surface area is 120 Å². The molecule has 1 saturated heterocycles. The van der Waals surface area contributed by atoms with Crippen molar-refractivity contribution in [1.82, 2.24) is 15.3 Å². The van der Waals surface area contributed by atoms with Gasteiger partial charge < -0.3 is 10.2 Å². The average Bonchev–Trinajstić information content (AvgIpc) is 2.41. The second kappa shape index (κ2) is 6.20. The second-order valence-corrected chi connectivity index (χ2v) is 5.87. The van der Waals surface area contributed by atoms with Gasteiger partial charge in [-0.05, 0) is 26.7 Å². The summed E-state index contributed by atoms with van der Waals surface area (Å²) < 4.78 is 0. The fraction of sp³-hybridized carbons (Fsp3) is 0.667. The maximum atomic E-state index is 11.8. The highest BCUT2D eigenvalue weighted by Gasteiger charge is 2.24. The highest BCUT2D eigenvalue weighted by atomic mass is 16.1. The molecule has 1 aliphatic heterocycles. The van der Waals surface area contributed by atoms with Gasteiger partial charge in [-0.25, -0.2) is 4.98 Å². The van der Waals surface area contributed by atoms with E-state index in [1.807, 2.05) is 27.7 Å². The van der Waals surface area contributed by atoms with Gasteiger partial charge in [-0.3, -0.25) is 9.78 Å². The monoisotopic (exact) mass is 276 g/mol. The fourth-order valence-electron chi connectivity index (χ4n) is 2.48. The minimum absolute atomic E-state index is 0.0332. The van der Waals surface area contributed by atoms with Crippen molar-refractivity contribution in [3.05, 3.63) is 17.6 Å². The lowest BCUT2D eigenvalue weighted by Gasteiger charge is -2.34. The van der Waals surface area contributed by atoms with E-state index >= 15 is 0 Å². The van der Waals surface area contributed by atoms with Crippen molar-refractivity contribution < 1.29 is 4.79 Å². The number of rotatable bonds is 3. The van der Waals surface area contributed by atoms with Crippen molar-refractivity contribution >= 4 is 11.7 Å². The van der Waals surface area contributed by atoms with Crippen molar-refractivity contribution in [2.75, 3.05) is 18.0 Å². The van der Waals surface area contributed by atoms with Crippen LogP contribution in [0.2, 0.25) is 0 Å². The Bertz CT molecular complexity index is 487. The van der Waals surface area contributed by atoms with Crippen LogP contribution in [0.3, 0.4) is 0 Å². The molecule has 0 radical (unpaired) electrons. The van der Waals surface area contributed by atoms with Crippen LogP contribution in [0.25, 0.3) is 0 Å². The second-order valence-electron chi connectivity index (χ2n) is 5.87. The summed E-state index contributed by atoms with van der Waals surface area (Å²) in [5.74, 6) is 1.11. The molecule has 5 nitrogen and oxygen atoms in total. The van der Waals surface area contributed by atoms with E-state index < -0.39 is 0 Å². The first kappa shape index (κ1) is 14.8. The van der Waals surface area contributed by atoms with Crippen LogP contribution in [0, 0.1) is 19.8 Å². The molecule has 1 N–H and O–H groups in total. The van der Waals surface area contributed by atoms with Gasteiger partial charge in [0.25, 0.3) is 0 Å². The van der Waals surface area contributed by atoms with Crippen molar-refractivity contribution in [1.29, 1.82) is 0 Å². The molecule has 1 atom stereocenters. The highest BCUT2D eigenvalue weighted by Crippen LogP contribution is 2.20. The summed E-state index contributed by atoms with van der Waals surface area (Å²) in [6.45, 7) is 9.58. The number of aryl methyl sites for hydroxylation is 2. The molecule has 0 bridgehead atoms. The maximum Gasteiger partial charge on any atom is 0.222 e. The number of aromatic nitrogens is 2. The Morgan fingerprint density at radius 3 is 2.90 bits per heavy atom. The Balaban J connectivity index is 2.06. The number of carbonyl (C=O) groups excluding carboxylic acids is 1. The number of carbonyl (C=O) groups is 1. The van der Waals surface area contributed by atoms with Crippen molar-refractivity contribution in [3.63, 3.8) is 0 Å². The quantitative estimate of drug-likeness (QED) is 0.915. The van der Waals surface area contributed by atoms with E-state index in [2.05, 4.69) is 20.2 Å². The van der Waals surface area contributed by atoms with E-state index in [1.165, 1.54) is 0 Å². The molecule has 1 amide bonds. The molecular weight excluding hydrogens is 252 g/mol. The molecule has 5 heteroatoms. The van der Waals surface area contributed by atoms with Gasteiger partial charge in [0, 0.05) is 31.2 Å². The first-order chi connectivity index (χ1) is 9.47. The van der Waals surface area contributed by atoms with Crippen LogP contribution in [-0.4, -0.2) is 35.0 Å². The van der Waals surface area contributed by atoms with Gasteiger partial charge in [-0.1, -0.05) is 13.8 Å². The lowest BCUT2D eigenvalue weighted by atomic mass is 10.0. The summed E-state index contributed by atoms with van der Waals surface area (Å²) >= 11 is 0. The molecule has 0 saturated carbocycles. The standard InChI is InChI=1S/C15H24N4O/c1-10(2)15(20)18-13-6-5-7-19(9-13)14-12(4)16-8-11(3)17-14/h8,10,13H,5-7,9H2,1-4H3,(H,18,20). The zero-order chi connectivity index (χ0) is 14.7. The lowest BCUT2D eigenvalue weighted by molar-refractivity contribution is -0.124. The van der Waals surface area contributed by atoms with Gasteiger partial charge in [0.15, 0.2) is 0 Å². The molecule has 110 valence electrons. The number of hydrogen-bond donors (Lipinski definition) is 1. The number of hydrogen-bond acceptors (Lipinski definition) is 4. The summed E-state index contributed by atoms with van der Waals surface area (Å²) in [5, 5.41) is 3.12. The SMILES string of the molecule is Cc1cnc(C)c(N2CCCC(NC(=O)C(C)C)C2)n1.